The number of nitrogens with one attached hydrogen (secondary N) is 7. The number of ether oxygens (including phenoxy) is 1. The van der Waals surface area contributed by atoms with Gasteiger partial charge in [-0.2, -0.15) is 13.2 Å². The molecule has 4 fully saturated rings. The first-order valence-corrected chi connectivity index (χ1v) is 21.3. The molecule has 2 heterocycles. The molecule has 7 N–H and O–H groups in total. The normalized spacial score (nSPS) is 31.6. The molecule has 8 rings (SSSR count). The molecular formula is C45H56F3N7O5. The number of alkyl halides is 3. The van der Waals surface area contributed by atoms with Crippen molar-refractivity contribution in [2.75, 3.05) is 17.7 Å². The van der Waals surface area contributed by atoms with Gasteiger partial charge in [-0.25, -0.2) is 9.59 Å². The van der Waals surface area contributed by atoms with E-state index in [1.54, 1.807) is 0 Å². The second-order valence-corrected chi connectivity index (χ2v) is 18.4. The van der Waals surface area contributed by atoms with Crippen LogP contribution < -0.4 is 26.6 Å². The van der Waals surface area contributed by atoms with Gasteiger partial charge in [0.05, 0.1) is 29.5 Å². The van der Waals surface area contributed by atoms with Crippen molar-refractivity contribution in [3.05, 3.63) is 60.9 Å². The minimum Gasteiger partial charge on any atom is -0.469 e. The van der Waals surface area contributed by atoms with E-state index in [1.807, 2.05) is 60.9 Å². The number of esters is 1. The highest BCUT2D eigenvalue weighted by atomic mass is 19.4. The molecule has 2 aromatic carbocycles. The molecule has 0 bridgehead atoms. The van der Waals surface area contributed by atoms with Crippen molar-refractivity contribution in [2.45, 2.75) is 103 Å². The number of hydrogen-bond acceptors (Lipinski definition) is 5. The molecule has 322 valence electrons. The van der Waals surface area contributed by atoms with E-state index < -0.39 is 23.5 Å². The van der Waals surface area contributed by atoms with Crippen molar-refractivity contribution >= 4 is 57.1 Å². The molecule has 4 saturated carbocycles. The van der Waals surface area contributed by atoms with Gasteiger partial charge in [-0.1, -0.05) is 45.0 Å². The molecule has 11 atom stereocenters. The molecule has 0 spiro atoms. The molecular weight excluding hydrogens is 776 g/mol. The molecule has 2 aromatic heterocycles. The summed E-state index contributed by atoms with van der Waals surface area (Å²) >= 11 is 0. The number of fused-ring (bicyclic) bond motifs is 7. The summed E-state index contributed by atoms with van der Waals surface area (Å²) in [6, 6.07) is 13.2. The Labute approximate surface area is 347 Å². The number of H-pyrrole nitrogens is 2. The fourth-order valence-corrected chi connectivity index (χ4v) is 12.7. The number of amides is 5. The molecule has 4 aliphatic carbocycles. The number of carbonyl (C=O) groups is 4. The maximum absolute atomic E-state index is 14.2. The zero-order chi connectivity index (χ0) is 42.6. The van der Waals surface area contributed by atoms with Crippen LogP contribution in [-0.4, -0.2) is 65.3 Å². The van der Waals surface area contributed by atoms with E-state index in [-0.39, 0.29) is 77.5 Å². The number of aromatic amines is 2. The quantitative estimate of drug-likeness (QED) is 0.0835. The third kappa shape index (κ3) is 7.57. The predicted molar refractivity (Wildman–Crippen MR) is 223 cm³/mol. The SMILES string of the molecule is COC(=O)CC[C@@H](C)[C@H]1CC[C@H]2[C@@H]3[C@H](NC(=O)Nc4cccc5cc[nH]c45)C[C@@H]4C[C@H](NC(=O)C(F)(F)F)CC[C@]4(C)[C@H]3C[C@H](NC(=O)Nc3cccc4cc[nH]c34)[C@]12C. The lowest BCUT2D eigenvalue weighted by Gasteiger charge is -2.65. The maximum atomic E-state index is 14.2. The van der Waals surface area contributed by atoms with Crippen LogP contribution in [0.5, 0.6) is 0 Å². The Kier molecular flexibility index (Phi) is 11.1. The molecule has 4 aliphatic rings. The lowest BCUT2D eigenvalue weighted by atomic mass is 9.42. The predicted octanol–water partition coefficient (Wildman–Crippen LogP) is 8.84. The first-order valence-electron chi connectivity index (χ1n) is 21.3. The average molecular weight is 832 g/mol. The third-order valence-corrected chi connectivity index (χ3v) is 15.5. The molecule has 0 unspecified atom stereocenters. The molecule has 0 radical (unpaired) electrons. The molecule has 60 heavy (non-hydrogen) atoms. The average Bonchev–Trinajstić information content (AvgIpc) is 3.97. The number of hydrogen-bond donors (Lipinski definition) is 7. The van der Waals surface area contributed by atoms with Crippen LogP contribution in [0.25, 0.3) is 21.8 Å². The number of rotatable bonds is 9. The minimum absolute atomic E-state index is 0.0174. The standard InChI is InChI=1S/C45H56F3N7O5/c1-24(11-14-36(56)60-4)29-12-13-30-37-31(23-35(44(29,30)3)55-42(59)53-33-10-6-8-26-17-20-50-39(26)33)43(2)18-15-28(51-40(57)45(46,47)48)21-27(43)22-34(37)54-41(58)52-32-9-5-7-25-16-19-49-38(25)32/h5-10,16-17,19-20,24,27-31,34-35,37,49-50H,11-15,18,21-23H2,1-4H3,(H,51,57)(H2,52,54,58)(H2,53,55,59)/t24-,27+,28-,29-,30+,31+,34-,35+,37+,43+,44-/m1/s1. The van der Waals surface area contributed by atoms with Crippen LogP contribution in [0, 0.1) is 46.3 Å². The summed E-state index contributed by atoms with van der Waals surface area (Å²) in [4.78, 5) is 59.3. The number of halogens is 3. The van der Waals surface area contributed by atoms with Gasteiger partial charge < -0.3 is 41.3 Å². The number of urea groups is 2. The van der Waals surface area contributed by atoms with Gasteiger partial charge >= 0.3 is 30.1 Å². The Balaban J connectivity index is 1.14. The van der Waals surface area contributed by atoms with Crippen molar-refractivity contribution < 1.29 is 37.1 Å². The fraction of sp³-hybridized carbons (Fsp3) is 0.556. The van der Waals surface area contributed by atoms with Crippen molar-refractivity contribution in [3.63, 3.8) is 0 Å². The number of aromatic nitrogens is 2. The van der Waals surface area contributed by atoms with Gasteiger partial charge in [-0.15, -0.1) is 0 Å². The van der Waals surface area contributed by atoms with Crippen molar-refractivity contribution in [3.8, 4) is 0 Å². The topological polar surface area (TPSA) is 169 Å². The van der Waals surface area contributed by atoms with Crippen LogP contribution in [0.1, 0.15) is 78.6 Å². The molecule has 4 aromatic rings. The van der Waals surface area contributed by atoms with Crippen molar-refractivity contribution in [1.29, 1.82) is 0 Å². The smallest absolute Gasteiger partial charge is 0.469 e. The van der Waals surface area contributed by atoms with E-state index in [1.165, 1.54) is 7.11 Å². The number of benzene rings is 2. The third-order valence-electron chi connectivity index (χ3n) is 15.5. The lowest BCUT2D eigenvalue weighted by Crippen LogP contribution is -2.68. The summed E-state index contributed by atoms with van der Waals surface area (Å²) in [6.45, 7) is 6.68. The van der Waals surface area contributed by atoms with E-state index in [4.69, 9.17) is 4.74 Å². The molecule has 0 aliphatic heterocycles. The highest BCUT2D eigenvalue weighted by Gasteiger charge is 2.66. The lowest BCUT2D eigenvalue weighted by molar-refractivity contribution is -0.176. The highest BCUT2D eigenvalue weighted by Crippen LogP contribution is 2.68. The Morgan fingerprint density at radius 2 is 1.45 bits per heavy atom. The molecule has 12 nitrogen and oxygen atoms in total. The van der Waals surface area contributed by atoms with Crippen LogP contribution >= 0.6 is 0 Å². The number of carbonyl (C=O) groups excluding carboxylic acids is 4. The number of methoxy groups -OCH3 is 1. The monoisotopic (exact) mass is 831 g/mol. The van der Waals surface area contributed by atoms with Gasteiger partial charge in [0.25, 0.3) is 0 Å². The summed E-state index contributed by atoms with van der Waals surface area (Å²) in [7, 11) is 1.39. The van der Waals surface area contributed by atoms with E-state index >= 15 is 0 Å². The molecule has 5 amide bonds. The summed E-state index contributed by atoms with van der Waals surface area (Å²) in [5.41, 5.74) is 2.08. The highest BCUT2D eigenvalue weighted by molar-refractivity contribution is 6.01. The van der Waals surface area contributed by atoms with Crippen LogP contribution in [0.4, 0.5) is 34.1 Å². The molecule has 0 saturated heterocycles. The van der Waals surface area contributed by atoms with E-state index in [2.05, 4.69) is 57.3 Å². The Morgan fingerprint density at radius 1 is 0.817 bits per heavy atom. The number of para-hydroxylation sites is 2. The second kappa shape index (κ2) is 16.0. The first kappa shape index (κ1) is 41.5. The Morgan fingerprint density at radius 3 is 2.07 bits per heavy atom. The molecule has 15 heteroatoms. The van der Waals surface area contributed by atoms with Gasteiger partial charge in [0, 0.05) is 47.7 Å². The largest absolute Gasteiger partial charge is 0.471 e. The van der Waals surface area contributed by atoms with Crippen LogP contribution in [0.15, 0.2) is 60.9 Å². The van der Waals surface area contributed by atoms with E-state index in [0.29, 0.717) is 49.9 Å². The van der Waals surface area contributed by atoms with Gasteiger partial charge in [0.15, 0.2) is 0 Å². The van der Waals surface area contributed by atoms with E-state index in [0.717, 1.165) is 34.6 Å². The van der Waals surface area contributed by atoms with Crippen molar-refractivity contribution in [2.24, 2.45) is 46.3 Å². The number of anilines is 2. The van der Waals surface area contributed by atoms with E-state index in [9.17, 15) is 32.3 Å². The van der Waals surface area contributed by atoms with Gasteiger partial charge in [-0.05, 0) is 122 Å². The zero-order valence-electron chi connectivity index (χ0n) is 34.5. The Hall–Kier alpha value is -5.21. The maximum Gasteiger partial charge on any atom is 0.471 e. The summed E-state index contributed by atoms with van der Waals surface area (Å²) in [6.07, 6.45) is 3.72. The Bertz CT molecular complexity index is 2260. The second-order valence-electron chi connectivity index (χ2n) is 18.4. The van der Waals surface area contributed by atoms with Crippen LogP contribution in [-0.2, 0) is 14.3 Å². The first-order chi connectivity index (χ1) is 28.6. The summed E-state index contributed by atoms with van der Waals surface area (Å²) in [5, 5.41) is 17.2. The zero-order valence-corrected chi connectivity index (χ0v) is 34.5. The van der Waals surface area contributed by atoms with Crippen molar-refractivity contribution in [1.82, 2.24) is 25.9 Å². The fourth-order valence-electron chi connectivity index (χ4n) is 12.7. The van der Waals surface area contributed by atoms with Gasteiger partial charge in [0.1, 0.15) is 0 Å². The van der Waals surface area contributed by atoms with Crippen LogP contribution in [0.3, 0.4) is 0 Å². The minimum atomic E-state index is -4.99. The summed E-state index contributed by atoms with van der Waals surface area (Å²) < 4.78 is 45.4. The van der Waals surface area contributed by atoms with Gasteiger partial charge in [-0.3, -0.25) is 9.59 Å². The van der Waals surface area contributed by atoms with Crippen LogP contribution in [0.2, 0.25) is 0 Å². The summed E-state index contributed by atoms with van der Waals surface area (Å²) in [5.74, 6) is -2.07. The van der Waals surface area contributed by atoms with Gasteiger partial charge in [0.2, 0.25) is 0 Å².